The van der Waals surface area contributed by atoms with E-state index >= 15 is 0 Å². The number of fused-ring (bicyclic) bond motifs is 5. The molecule has 0 bridgehead atoms. The van der Waals surface area contributed by atoms with Gasteiger partial charge in [-0.3, -0.25) is 0 Å². The number of anilines is 3. The average Bonchev–Trinajstić information content (AvgIpc) is 3.71. The van der Waals surface area contributed by atoms with Gasteiger partial charge in [-0.25, -0.2) is 0 Å². The van der Waals surface area contributed by atoms with Crippen LogP contribution in [0.1, 0.15) is 52.7 Å². The van der Waals surface area contributed by atoms with Crippen LogP contribution < -0.4 is 4.90 Å². The SMILES string of the molecule is CC(C)(C)c1cc(-c2cccc3cccc(-c4ccccc4N(c4ccc(-c5cccc6ccccc56)cc4)c4cccc(-c5ccc6c(c5)oc5ccccc56)c4)c23)cc(C(C)(C)C)c1. The van der Waals surface area contributed by atoms with Crippen LogP contribution in [0.2, 0.25) is 0 Å². The highest BCUT2D eigenvalue weighted by Crippen LogP contribution is 2.47. The van der Waals surface area contributed by atoms with E-state index in [1.807, 2.05) is 12.1 Å². The van der Waals surface area contributed by atoms with E-state index in [9.17, 15) is 0 Å². The number of benzene rings is 10. The summed E-state index contributed by atoms with van der Waals surface area (Å²) in [5.74, 6) is 0. The molecule has 0 unspecified atom stereocenters. The standard InChI is InChI=1S/C64H53NO/c1-63(2,3)48-37-47(38-49(41-48)64(4,5)6)54-27-15-19-44-20-16-28-58(62(44)54)55-24-9-11-29-59(55)65(50-34-31-43(32-35-50)53-26-14-18-42-17-7-8-23-52(42)53)51-22-13-21-45(39-51)46-33-36-57-56-25-10-12-30-60(56)66-61(57)40-46/h7-41H,1-6H3. The van der Waals surface area contributed by atoms with Crippen LogP contribution in [-0.2, 0) is 10.8 Å². The van der Waals surface area contributed by atoms with Gasteiger partial charge in [-0.1, -0.05) is 205 Å². The van der Waals surface area contributed by atoms with Crippen LogP contribution in [0, 0.1) is 0 Å². The Morgan fingerprint density at radius 2 is 0.894 bits per heavy atom. The predicted octanol–water partition coefficient (Wildman–Crippen LogP) is 18.6. The Kier molecular flexibility index (Phi) is 10.0. The summed E-state index contributed by atoms with van der Waals surface area (Å²) in [7, 11) is 0. The highest BCUT2D eigenvalue weighted by atomic mass is 16.3. The lowest BCUT2D eigenvalue weighted by atomic mass is 9.78. The molecule has 2 nitrogen and oxygen atoms in total. The van der Waals surface area contributed by atoms with Crippen molar-refractivity contribution in [2.24, 2.45) is 0 Å². The summed E-state index contributed by atoms with van der Waals surface area (Å²) in [5, 5.41) is 7.21. The molecule has 11 rings (SSSR count). The molecule has 0 aliphatic carbocycles. The largest absolute Gasteiger partial charge is 0.456 e. The van der Waals surface area contributed by atoms with Gasteiger partial charge in [0.05, 0.1) is 5.69 Å². The van der Waals surface area contributed by atoms with Crippen molar-refractivity contribution in [2.75, 3.05) is 4.90 Å². The molecular formula is C64H53NO. The first-order valence-corrected chi connectivity index (χ1v) is 23.2. The number of rotatable bonds is 7. The first kappa shape index (κ1) is 41.1. The van der Waals surface area contributed by atoms with E-state index in [-0.39, 0.29) is 10.8 Å². The summed E-state index contributed by atoms with van der Waals surface area (Å²) in [4.78, 5) is 2.44. The molecule has 2 heteroatoms. The fourth-order valence-electron chi connectivity index (χ4n) is 9.78. The van der Waals surface area contributed by atoms with Gasteiger partial charge >= 0.3 is 0 Å². The molecule has 0 fully saturated rings. The second-order valence-electron chi connectivity index (χ2n) is 19.8. The van der Waals surface area contributed by atoms with Crippen LogP contribution >= 0.6 is 0 Å². The topological polar surface area (TPSA) is 16.4 Å². The molecule has 0 spiro atoms. The third-order valence-electron chi connectivity index (χ3n) is 13.4. The van der Waals surface area contributed by atoms with Crippen molar-refractivity contribution in [3.63, 3.8) is 0 Å². The van der Waals surface area contributed by atoms with Crippen LogP contribution in [0.15, 0.2) is 217 Å². The summed E-state index contributed by atoms with van der Waals surface area (Å²) in [6, 6.07) is 77.9. The number of furan rings is 1. The van der Waals surface area contributed by atoms with Crippen molar-refractivity contribution in [2.45, 2.75) is 52.4 Å². The molecule has 0 radical (unpaired) electrons. The Morgan fingerprint density at radius 3 is 1.65 bits per heavy atom. The second-order valence-corrected chi connectivity index (χ2v) is 19.8. The van der Waals surface area contributed by atoms with E-state index in [4.69, 9.17) is 4.42 Å². The van der Waals surface area contributed by atoms with Crippen molar-refractivity contribution in [3.05, 3.63) is 223 Å². The van der Waals surface area contributed by atoms with Crippen LogP contribution in [-0.4, -0.2) is 0 Å². The summed E-state index contributed by atoms with van der Waals surface area (Å²) >= 11 is 0. The summed E-state index contributed by atoms with van der Waals surface area (Å²) in [6.07, 6.45) is 0. The third kappa shape index (κ3) is 7.43. The molecule has 0 aliphatic heterocycles. The molecule has 0 atom stereocenters. The van der Waals surface area contributed by atoms with E-state index in [0.717, 1.165) is 55.7 Å². The van der Waals surface area contributed by atoms with Crippen molar-refractivity contribution in [1.82, 2.24) is 0 Å². The first-order chi connectivity index (χ1) is 32.0. The lowest BCUT2D eigenvalue weighted by molar-refractivity contribution is 0.569. The molecule has 66 heavy (non-hydrogen) atoms. The lowest BCUT2D eigenvalue weighted by Gasteiger charge is -2.29. The second kappa shape index (κ2) is 16.1. The Balaban J connectivity index is 1.11. The molecule has 1 aromatic heterocycles. The van der Waals surface area contributed by atoms with E-state index < -0.39 is 0 Å². The zero-order valence-corrected chi connectivity index (χ0v) is 38.6. The van der Waals surface area contributed by atoms with Crippen LogP contribution in [0.3, 0.4) is 0 Å². The zero-order valence-electron chi connectivity index (χ0n) is 38.6. The molecule has 0 N–H and O–H groups in total. The average molecular weight is 852 g/mol. The van der Waals surface area contributed by atoms with Gasteiger partial charge in [0.1, 0.15) is 11.2 Å². The van der Waals surface area contributed by atoms with Crippen LogP contribution in [0.4, 0.5) is 17.1 Å². The molecule has 0 amide bonds. The van der Waals surface area contributed by atoms with Crippen molar-refractivity contribution >= 4 is 60.5 Å². The monoisotopic (exact) mass is 851 g/mol. The minimum atomic E-state index is -0.00790. The van der Waals surface area contributed by atoms with Gasteiger partial charge in [0.15, 0.2) is 0 Å². The number of nitrogens with zero attached hydrogens (tertiary/aromatic N) is 1. The summed E-state index contributed by atoms with van der Waals surface area (Å²) < 4.78 is 6.38. The molecule has 10 aromatic carbocycles. The van der Waals surface area contributed by atoms with Crippen molar-refractivity contribution < 1.29 is 4.42 Å². The van der Waals surface area contributed by atoms with Crippen LogP contribution in [0.25, 0.3) is 88.0 Å². The van der Waals surface area contributed by atoms with Crippen molar-refractivity contribution in [1.29, 1.82) is 0 Å². The molecular weight excluding hydrogens is 799 g/mol. The van der Waals surface area contributed by atoms with E-state index in [2.05, 4.69) is 247 Å². The van der Waals surface area contributed by atoms with Gasteiger partial charge in [-0.05, 0) is 131 Å². The minimum Gasteiger partial charge on any atom is -0.456 e. The molecule has 11 aromatic rings. The fourth-order valence-corrected chi connectivity index (χ4v) is 9.78. The Morgan fingerprint density at radius 1 is 0.333 bits per heavy atom. The maximum absolute atomic E-state index is 6.38. The lowest BCUT2D eigenvalue weighted by Crippen LogP contribution is -2.16. The van der Waals surface area contributed by atoms with Gasteiger partial charge in [0.25, 0.3) is 0 Å². The Bertz CT molecular complexity index is 3570. The van der Waals surface area contributed by atoms with Gasteiger partial charge in [-0.15, -0.1) is 0 Å². The van der Waals surface area contributed by atoms with Crippen LogP contribution in [0.5, 0.6) is 0 Å². The Labute approximate surface area is 388 Å². The van der Waals surface area contributed by atoms with Gasteiger partial charge in [0.2, 0.25) is 0 Å². The third-order valence-corrected chi connectivity index (χ3v) is 13.4. The summed E-state index contributed by atoms with van der Waals surface area (Å²) in [6.45, 7) is 13.9. The van der Waals surface area contributed by atoms with Crippen molar-refractivity contribution in [3.8, 4) is 44.5 Å². The first-order valence-electron chi connectivity index (χ1n) is 23.2. The molecule has 320 valence electrons. The van der Waals surface area contributed by atoms with Gasteiger partial charge in [0, 0.05) is 27.7 Å². The molecule has 0 saturated heterocycles. The minimum absolute atomic E-state index is 0.00790. The predicted molar refractivity (Wildman–Crippen MR) is 283 cm³/mol. The highest BCUT2D eigenvalue weighted by molar-refractivity contribution is 6.09. The fraction of sp³-hybridized carbons (Fsp3) is 0.125. The highest BCUT2D eigenvalue weighted by Gasteiger charge is 2.24. The van der Waals surface area contributed by atoms with Gasteiger partial charge < -0.3 is 9.32 Å². The molecule has 1 heterocycles. The summed E-state index contributed by atoms with van der Waals surface area (Å²) in [5.41, 5.74) is 17.2. The molecule has 0 saturated carbocycles. The number of para-hydroxylation sites is 2. The van der Waals surface area contributed by atoms with E-state index in [0.29, 0.717) is 0 Å². The molecule has 0 aliphatic rings. The van der Waals surface area contributed by atoms with E-state index in [1.54, 1.807) is 0 Å². The number of hydrogen-bond acceptors (Lipinski definition) is 2. The maximum atomic E-state index is 6.38. The number of hydrogen-bond donors (Lipinski definition) is 0. The quantitative estimate of drug-likeness (QED) is 0.159. The van der Waals surface area contributed by atoms with Gasteiger partial charge in [-0.2, -0.15) is 0 Å². The normalized spacial score (nSPS) is 12.1. The smallest absolute Gasteiger partial charge is 0.136 e. The maximum Gasteiger partial charge on any atom is 0.136 e. The van der Waals surface area contributed by atoms with E-state index in [1.165, 1.54) is 60.5 Å². The Hall–Kier alpha value is -7.68. The zero-order chi connectivity index (χ0) is 45.2.